The van der Waals surface area contributed by atoms with Crippen molar-refractivity contribution in [1.82, 2.24) is 0 Å². The summed E-state index contributed by atoms with van der Waals surface area (Å²) in [5.41, 5.74) is 0.313. The van der Waals surface area contributed by atoms with E-state index in [4.69, 9.17) is 19.7 Å². The highest BCUT2D eigenvalue weighted by Gasteiger charge is 2.17. The first-order valence-corrected chi connectivity index (χ1v) is 8.20. The van der Waals surface area contributed by atoms with E-state index in [2.05, 4.69) is 27.7 Å². The van der Waals surface area contributed by atoms with Crippen LogP contribution in [0, 0.1) is 10.8 Å². The Morgan fingerprint density at radius 2 is 1.00 bits per heavy atom. The average Bonchev–Trinajstić information content (AvgIpc) is 2.36. The lowest BCUT2D eigenvalue weighted by atomic mass is 9.86. The predicted molar refractivity (Wildman–Crippen MR) is 86.5 cm³/mol. The van der Waals surface area contributed by atoms with E-state index < -0.39 is 0 Å². The summed E-state index contributed by atoms with van der Waals surface area (Å²) in [6, 6.07) is 0. The van der Waals surface area contributed by atoms with E-state index in [-0.39, 0.29) is 24.0 Å². The molecule has 0 aromatic rings. The minimum atomic E-state index is 0.156. The van der Waals surface area contributed by atoms with Gasteiger partial charge >= 0.3 is 0 Å². The van der Waals surface area contributed by atoms with Crippen molar-refractivity contribution < 1.29 is 19.7 Å². The molecule has 0 atom stereocenters. The molecule has 0 aliphatic carbocycles. The summed E-state index contributed by atoms with van der Waals surface area (Å²) in [5.74, 6) is 0. The second-order valence-corrected chi connectivity index (χ2v) is 7.35. The van der Waals surface area contributed by atoms with Gasteiger partial charge in [-0.05, 0) is 42.9 Å². The topological polar surface area (TPSA) is 58.9 Å². The number of hydrogen-bond donors (Lipinski definition) is 2. The molecule has 0 rings (SSSR count). The van der Waals surface area contributed by atoms with Crippen molar-refractivity contribution in [3.8, 4) is 0 Å². The minimum absolute atomic E-state index is 0.156. The van der Waals surface area contributed by atoms with Crippen molar-refractivity contribution in [3.05, 3.63) is 0 Å². The van der Waals surface area contributed by atoms with Crippen molar-refractivity contribution in [2.45, 2.75) is 59.8 Å². The lowest BCUT2D eigenvalue weighted by Gasteiger charge is -2.23. The van der Waals surface area contributed by atoms with Gasteiger partial charge in [-0.25, -0.2) is 0 Å². The molecule has 4 nitrogen and oxygen atoms in total. The molecule has 2 N–H and O–H groups in total. The fourth-order valence-corrected chi connectivity index (χ4v) is 2.02. The van der Waals surface area contributed by atoms with Crippen LogP contribution in [0.5, 0.6) is 0 Å². The number of aliphatic hydroxyl groups excluding tert-OH is 2. The summed E-state index contributed by atoms with van der Waals surface area (Å²) in [6.45, 7) is 12.1. The van der Waals surface area contributed by atoms with Crippen LogP contribution in [0.4, 0.5) is 0 Å². The third kappa shape index (κ3) is 13.2. The maximum atomic E-state index is 8.94. The molecule has 21 heavy (non-hydrogen) atoms. The summed E-state index contributed by atoms with van der Waals surface area (Å²) in [5, 5.41) is 17.9. The van der Waals surface area contributed by atoms with Gasteiger partial charge in [0.15, 0.2) is 0 Å². The van der Waals surface area contributed by atoms with Gasteiger partial charge in [-0.2, -0.15) is 0 Å². The largest absolute Gasteiger partial charge is 0.396 e. The zero-order chi connectivity index (χ0) is 16.2. The van der Waals surface area contributed by atoms with Gasteiger partial charge in [0.2, 0.25) is 0 Å². The maximum absolute atomic E-state index is 8.94. The number of ether oxygens (including phenoxy) is 2. The van der Waals surface area contributed by atoms with Gasteiger partial charge in [-0.15, -0.1) is 0 Å². The van der Waals surface area contributed by atoms with Crippen molar-refractivity contribution in [1.29, 1.82) is 0 Å². The molecule has 0 aromatic heterocycles. The quantitative estimate of drug-likeness (QED) is 0.484. The molecule has 0 aliphatic rings. The third-order valence-electron chi connectivity index (χ3n) is 4.00. The standard InChI is InChI=1S/C17H36O4/c1-16(2,6-10-18)8-14-20-12-5-13-21-15-9-17(3,4)7-11-19/h18-19H,5-15H2,1-4H3. The second-order valence-electron chi connectivity index (χ2n) is 7.35. The van der Waals surface area contributed by atoms with E-state index in [0.717, 1.165) is 58.5 Å². The summed E-state index contributed by atoms with van der Waals surface area (Å²) < 4.78 is 11.2. The Balaban J connectivity index is 3.37. The molecule has 0 unspecified atom stereocenters. The van der Waals surface area contributed by atoms with Gasteiger partial charge in [-0.1, -0.05) is 27.7 Å². The fourth-order valence-electron chi connectivity index (χ4n) is 2.02. The monoisotopic (exact) mass is 304 g/mol. The van der Waals surface area contributed by atoms with Crippen LogP contribution in [0.1, 0.15) is 59.8 Å². The molecule has 0 fully saturated rings. The second kappa shape index (κ2) is 11.4. The van der Waals surface area contributed by atoms with Crippen LogP contribution in [-0.4, -0.2) is 49.9 Å². The van der Waals surface area contributed by atoms with Crippen molar-refractivity contribution in [2.24, 2.45) is 10.8 Å². The Morgan fingerprint density at radius 3 is 1.33 bits per heavy atom. The molecule has 0 heterocycles. The third-order valence-corrected chi connectivity index (χ3v) is 4.00. The van der Waals surface area contributed by atoms with E-state index in [1.54, 1.807) is 0 Å². The Hall–Kier alpha value is -0.160. The Kier molecular flexibility index (Phi) is 11.3. The highest BCUT2D eigenvalue weighted by atomic mass is 16.5. The fraction of sp³-hybridized carbons (Fsp3) is 1.00. The molecule has 0 bridgehead atoms. The van der Waals surface area contributed by atoms with E-state index in [1.165, 1.54) is 0 Å². The van der Waals surface area contributed by atoms with Gasteiger partial charge in [0.05, 0.1) is 0 Å². The smallest absolute Gasteiger partial charge is 0.0487 e. The van der Waals surface area contributed by atoms with Crippen LogP contribution >= 0.6 is 0 Å². The molecule has 0 amide bonds. The van der Waals surface area contributed by atoms with Crippen molar-refractivity contribution in [2.75, 3.05) is 39.6 Å². The molecular formula is C17H36O4. The van der Waals surface area contributed by atoms with Gasteiger partial charge in [0, 0.05) is 39.6 Å². The highest BCUT2D eigenvalue weighted by Crippen LogP contribution is 2.25. The summed E-state index contributed by atoms with van der Waals surface area (Å²) in [6.07, 6.45) is 4.51. The zero-order valence-corrected chi connectivity index (χ0v) is 14.5. The van der Waals surface area contributed by atoms with Crippen LogP contribution in [0.2, 0.25) is 0 Å². The van der Waals surface area contributed by atoms with Gasteiger partial charge in [0.1, 0.15) is 0 Å². The normalized spacial score (nSPS) is 12.9. The van der Waals surface area contributed by atoms with E-state index >= 15 is 0 Å². The maximum Gasteiger partial charge on any atom is 0.0487 e. The Labute approximate surface area is 130 Å². The van der Waals surface area contributed by atoms with Gasteiger partial charge in [-0.3, -0.25) is 0 Å². The molecule has 128 valence electrons. The lowest BCUT2D eigenvalue weighted by molar-refractivity contribution is 0.0554. The van der Waals surface area contributed by atoms with Gasteiger partial charge < -0.3 is 19.7 Å². The summed E-state index contributed by atoms with van der Waals surface area (Å²) in [4.78, 5) is 0. The first-order valence-electron chi connectivity index (χ1n) is 8.20. The SMILES string of the molecule is CC(C)(CCO)CCOCCCOCCC(C)(C)CCO. The van der Waals surface area contributed by atoms with E-state index in [9.17, 15) is 0 Å². The summed E-state index contributed by atoms with van der Waals surface area (Å²) >= 11 is 0. The molecule has 0 spiro atoms. The predicted octanol–water partition coefficient (Wildman–Crippen LogP) is 3.01. The number of hydrogen-bond acceptors (Lipinski definition) is 4. The van der Waals surface area contributed by atoms with Crippen molar-refractivity contribution >= 4 is 0 Å². The molecule has 0 aromatic carbocycles. The molecular weight excluding hydrogens is 268 g/mol. The van der Waals surface area contributed by atoms with Crippen LogP contribution in [0.3, 0.4) is 0 Å². The van der Waals surface area contributed by atoms with Crippen LogP contribution < -0.4 is 0 Å². The number of rotatable bonds is 14. The van der Waals surface area contributed by atoms with Crippen LogP contribution in [-0.2, 0) is 9.47 Å². The highest BCUT2D eigenvalue weighted by molar-refractivity contribution is 4.68. The molecule has 0 radical (unpaired) electrons. The molecule has 0 saturated carbocycles. The summed E-state index contributed by atoms with van der Waals surface area (Å²) in [7, 11) is 0. The van der Waals surface area contributed by atoms with Gasteiger partial charge in [0.25, 0.3) is 0 Å². The minimum Gasteiger partial charge on any atom is -0.396 e. The Morgan fingerprint density at radius 1 is 0.619 bits per heavy atom. The van der Waals surface area contributed by atoms with Crippen LogP contribution in [0.25, 0.3) is 0 Å². The average molecular weight is 304 g/mol. The zero-order valence-electron chi connectivity index (χ0n) is 14.5. The molecule has 0 saturated heterocycles. The first-order chi connectivity index (χ1) is 9.83. The lowest BCUT2D eigenvalue weighted by Crippen LogP contribution is -2.17. The number of aliphatic hydroxyl groups is 2. The van der Waals surface area contributed by atoms with Crippen molar-refractivity contribution in [3.63, 3.8) is 0 Å². The van der Waals surface area contributed by atoms with Crippen LogP contribution in [0.15, 0.2) is 0 Å². The molecule has 0 aliphatic heterocycles. The molecule has 4 heteroatoms. The van der Waals surface area contributed by atoms with E-state index in [0.29, 0.717) is 0 Å². The van der Waals surface area contributed by atoms with E-state index in [1.807, 2.05) is 0 Å². The Bertz CT molecular complexity index is 215. The first kappa shape index (κ1) is 20.8.